The Balaban J connectivity index is 1.45. The van der Waals surface area contributed by atoms with Crippen molar-refractivity contribution >= 4 is 17.0 Å². The molecule has 4 rings (SSSR count). The number of para-hydroxylation sites is 1. The Kier molecular flexibility index (Phi) is 6.07. The van der Waals surface area contributed by atoms with Gasteiger partial charge in [0.15, 0.2) is 0 Å². The summed E-state index contributed by atoms with van der Waals surface area (Å²) in [4.78, 5) is 29.5. The molecule has 0 aliphatic rings. The number of benzene rings is 2. The minimum Gasteiger partial charge on any atom is -0.494 e. The lowest BCUT2D eigenvalue weighted by atomic mass is 10.1. The Labute approximate surface area is 178 Å². The van der Waals surface area contributed by atoms with Crippen LogP contribution in [0, 0.1) is 0 Å². The standard InChI is InChI=1S/C23H22N4O4/c1-2-30-18-11-7-6-10-17(18)14-24-19(28)12-13-27-15-25-22-20(23(27)29)21(26-31-22)16-8-4-3-5-9-16/h3-11,15H,2,12-14H2,1H3,(H,24,28). The van der Waals surface area contributed by atoms with Gasteiger partial charge in [0.05, 0.1) is 6.61 Å². The molecule has 0 aliphatic carbocycles. The van der Waals surface area contributed by atoms with Crippen LogP contribution >= 0.6 is 0 Å². The average molecular weight is 418 g/mol. The van der Waals surface area contributed by atoms with E-state index < -0.39 is 0 Å². The van der Waals surface area contributed by atoms with Gasteiger partial charge in [0, 0.05) is 30.6 Å². The molecule has 2 heterocycles. The SMILES string of the molecule is CCOc1ccccc1CNC(=O)CCn1cnc2onc(-c3ccccc3)c2c1=O. The van der Waals surface area contributed by atoms with Crippen LogP contribution in [0.1, 0.15) is 18.9 Å². The quantitative estimate of drug-likeness (QED) is 0.472. The molecule has 2 aromatic carbocycles. The lowest BCUT2D eigenvalue weighted by Crippen LogP contribution is -2.27. The van der Waals surface area contributed by atoms with Crippen LogP contribution in [-0.2, 0) is 17.9 Å². The molecule has 0 bridgehead atoms. The molecule has 1 N–H and O–H groups in total. The van der Waals surface area contributed by atoms with Gasteiger partial charge in [-0.1, -0.05) is 53.7 Å². The molecule has 4 aromatic rings. The van der Waals surface area contributed by atoms with E-state index in [4.69, 9.17) is 9.26 Å². The number of nitrogens with zero attached hydrogens (tertiary/aromatic N) is 3. The minimum absolute atomic E-state index is 0.135. The lowest BCUT2D eigenvalue weighted by Gasteiger charge is -2.11. The molecule has 0 saturated carbocycles. The van der Waals surface area contributed by atoms with Crippen molar-refractivity contribution in [1.29, 1.82) is 0 Å². The van der Waals surface area contributed by atoms with Crippen LogP contribution in [0.4, 0.5) is 0 Å². The number of aryl methyl sites for hydroxylation is 1. The predicted molar refractivity (Wildman–Crippen MR) is 116 cm³/mol. The molecular weight excluding hydrogens is 396 g/mol. The third-order valence-electron chi connectivity index (χ3n) is 4.84. The number of carbonyl (C=O) groups excluding carboxylic acids is 1. The van der Waals surface area contributed by atoms with Crippen molar-refractivity contribution < 1.29 is 14.1 Å². The topological polar surface area (TPSA) is 99.2 Å². The molecule has 2 aromatic heterocycles. The van der Waals surface area contributed by atoms with Crippen LogP contribution in [0.25, 0.3) is 22.4 Å². The number of nitrogens with one attached hydrogen (secondary N) is 1. The molecule has 0 spiro atoms. The fraction of sp³-hybridized carbons (Fsp3) is 0.217. The van der Waals surface area contributed by atoms with E-state index in [-0.39, 0.29) is 30.1 Å². The summed E-state index contributed by atoms with van der Waals surface area (Å²) in [6, 6.07) is 16.9. The monoisotopic (exact) mass is 418 g/mol. The smallest absolute Gasteiger partial charge is 0.266 e. The van der Waals surface area contributed by atoms with Gasteiger partial charge in [-0.3, -0.25) is 14.2 Å². The third kappa shape index (κ3) is 4.48. The highest BCUT2D eigenvalue weighted by Crippen LogP contribution is 2.23. The first-order valence-corrected chi connectivity index (χ1v) is 10.0. The summed E-state index contributed by atoms with van der Waals surface area (Å²) in [5, 5.41) is 7.18. The highest BCUT2D eigenvalue weighted by molar-refractivity contribution is 5.88. The van der Waals surface area contributed by atoms with E-state index in [1.807, 2.05) is 61.5 Å². The van der Waals surface area contributed by atoms with E-state index >= 15 is 0 Å². The fourth-order valence-electron chi connectivity index (χ4n) is 3.28. The number of ether oxygens (including phenoxy) is 1. The van der Waals surface area contributed by atoms with Crippen LogP contribution in [-0.4, -0.2) is 27.2 Å². The Morgan fingerprint density at radius 1 is 1.13 bits per heavy atom. The second-order valence-corrected chi connectivity index (χ2v) is 6.89. The summed E-state index contributed by atoms with van der Waals surface area (Å²) in [5.41, 5.74) is 2.00. The van der Waals surface area contributed by atoms with Gasteiger partial charge in [-0.05, 0) is 13.0 Å². The summed E-state index contributed by atoms with van der Waals surface area (Å²) in [6.45, 7) is 3.01. The van der Waals surface area contributed by atoms with Gasteiger partial charge in [-0.2, -0.15) is 0 Å². The van der Waals surface area contributed by atoms with Crippen molar-refractivity contribution in [3.63, 3.8) is 0 Å². The zero-order chi connectivity index (χ0) is 21.6. The summed E-state index contributed by atoms with van der Waals surface area (Å²) in [5.74, 6) is 0.573. The van der Waals surface area contributed by atoms with Gasteiger partial charge in [0.25, 0.3) is 11.3 Å². The summed E-state index contributed by atoms with van der Waals surface area (Å²) in [7, 11) is 0. The Morgan fingerprint density at radius 3 is 2.71 bits per heavy atom. The zero-order valence-electron chi connectivity index (χ0n) is 17.1. The summed E-state index contributed by atoms with van der Waals surface area (Å²) >= 11 is 0. The number of rotatable bonds is 8. The highest BCUT2D eigenvalue weighted by atomic mass is 16.5. The Bertz CT molecular complexity index is 1250. The van der Waals surface area contributed by atoms with E-state index in [0.717, 1.165) is 16.9 Å². The first-order valence-electron chi connectivity index (χ1n) is 10.0. The van der Waals surface area contributed by atoms with E-state index in [2.05, 4.69) is 15.5 Å². The van der Waals surface area contributed by atoms with Crippen molar-refractivity contribution in [2.24, 2.45) is 0 Å². The first-order chi connectivity index (χ1) is 15.2. The second kappa shape index (κ2) is 9.25. The Hall–Kier alpha value is -3.94. The van der Waals surface area contributed by atoms with Gasteiger partial charge >= 0.3 is 0 Å². The lowest BCUT2D eigenvalue weighted by molar-refractivity contribution is -0.121. The van der Waals surface area contributed by atoms with Crippen LogP contribution in [0.2, 0.25) is 0 Å². The molecule has 0 fully saturated rings. The minimum atomic E-state index is -0.292. The van der Waals surface area contributed by atoms with Gasteiger partial charge in [0.2, 0.25) is 5.91 Å². The molecule has 0 saturated heterocycles. The molecular formula is C23H22N4O4. The molecule has 31 heavy (non-hydrogen) atoms. The highest BCUT2D eigenvalue weighted by Gasteiger charge is 2.17. The molecule has 0 radical (unpaired) electrons. The molecule has 0 aliphatic heterocycles. The summed E-state index contributed by atoms with van der Waals surface area (Å²) in [6.07, 6.45) is 1.51. The fourth-order valence-corrected chi connectivity index (χ4v) is 3.28. The number of aromatic nitrogens is 3. The normalized spacial score (nSPS) is 10.9. The van der Waals surface area contributed by atoms with Crippen LogP contribution < -0.4 is 15.6 Å². The molecule has 8 heteroatoms. The second-order valence-electron chi connectivity index (χ2n) is 6.89. The number of hydrogen-bond donors (Lipinski definition) is 1. The van der Waals surface area contributed by atoms with E-state index in [1.54, 1.807) is 0 Å². The maximum absolute atomic E-state index is 13.0. The van der Waals surface area contributed by atoms with Crippen LogP contribution in [0.15, 0.2) is 70.2 Å². The molecule has 8 nitrogen and oxygen atoms in total. The average Bonchev–Trinajstić information content (AvgIpc) is 3.24. The van der Waals surface area contributed by atoms with Crippen LogP contribution in [0.5, 0.6) is 5.75 Å². The van der Waals surface area contributed by atoms with Crippen molar-refractivity contribution in [3.8, 4) is 17.0 Å². The summed E-state index contributed by atoms with van der Waals surface area (Å²) < 4.78 is 12.2. The van der Waals surface area contributed by atoms with Crippen LogP contribution in [0.3, 0.4) is 0 Å². The van der Waals surface area contributed by atoms with Crippen molar-refractivity contribution in [3.05, 3.63) is 76.8 Å². The van der Waals surface area contributed by atoms with E-state index in [0.29, 0.717) is 24.2 Å². The predicted octanol–water partition coefficient (Wildman–Crippen LogP) is 3.16. The number of hydrogen-bond acceptors (Lipinski definition) is 6. The number of carbonyl (C=O) groups is 1. The van der Waals surface area contributed by atoms with Gasteiger partial charge < -0.3 is 14.6 Å². The van der Waals surface area contributed by atoms with Gasteiger partial charge in [-0.15, -0.1) is 0 Å². The number of amides is 1. The zero-order valence-corrected chi connectivity index (χ0v) is 17.1. The van der Waals surface area contributed by atoms with Crippen molar-refractivity contribution in [1.82, 2.24) is 20.0 Å². The Morgan fingerprint density at radius 2 is 1.90 bits per heavy atom. The largest absolute Gasteiger partial charge is 0.494 e. The first kappa shape index (κ1) is 20.3. The molecule has 158 valence electrons. The molecule has 0 unspecified atom stereocenters. The van der Waals surface area contributed by atoms with Gasteiger partial charge in [0.1, 0.15) is 23.2 Å². The molecule has 1 amide bonds. The number of fused-ring (bicyclic) bond motifs is 1. The maximum atomic E-state index is 13.0. The van der Waals surface area contributed by atoms with Gasteiger partial charge in [-0.25, -0.2) is 4.98 Å². The van der Waals surface area contributed by atoms with Crippen molar-refractivity contribution in [2.45, 2.75) is 26.4 Å². The third-order valence-corrected chi connectivity index (χ3v) is 4.84. The maximum Gasteiger partial charge on any atom is 0.266 e. The van der Waals surface area contributed by atoms with E-state index in [9.17, 15) is 9.59 Å². The van der Waals surface area contributed by atoms with Crippen molar-refractivity contribution in [2.75, 3.05) is 6.61 Å². The molecule has 0 atom stereocenters. The van der Waals surface area contributed by atoms with E-state index in [1.165, 1.54) is 10.9 Å².